The molecule has 174 valence electrons. The van der Waals surface area contributed by atoms with E-state index in [1.165, 1.54) is 11.8 Å². The minimum Gasteiger partial charge on any atom is -0.350 e. The summed E-state index contributed by atoms with van der Waals surface area (Å²) in [5.74, 6) is 0.511. The van der Waals surface area contributed by atoms with Gasteiger partial charge in [0.05, 0.1) is 17.4 Å². The molecule has 1 aromatic heterocycles. The van der Waals surface area contributed by atoms with E-state index in [1.54, 1.807) is 34.9 Å². The summed E-state index contributed by atoms with van der Waals surface area (Å²) >= 11 is 13.6. The molecular weight excluding hydrogens is 489 g/mol. The molecule has 0 saturated heterocycles. The number of carbonyl (C=O) groups is 1. The molecule has 4 rings (SSSR count). The molecule has 1 amide bonds. The average Bonchev–Trinajstić information content (AvgIpc) is 2.81. The molecule has 1 N–H and O–H groups in total. The van der Waals surface area contributed by atoms with Crippen molar-refractivity contribution in [2.75, 3.05) is 0 Å². The van der Waals surface area contributed by atoms with Crippen LogP contribution in [-0.4, -0.2) is 21.5 Å². The maximum absolute atomic E-state index is 13.4. The lowest BCUT2D eigenvalue weighted by Crippen LogP contribution is -2.30. The Hall–Kier alpha value is -2.80. The Morgan fingerprint density at radius 1 is 0.971 bits per heavy atom. The predicted octanol–water partition coefficient (Wildman–Crippen LogP) is 6.18. The van der Waals surface area contributed by atoms with Crippen LogP contribution in [0, 0.1) is 0 Å². The number of rotatable bonds is 7. The number of carbonyl (C=O) groups excluding carboxylic acids is 1. The Labute approximate surface area is 212 Å². The van der Waals surface area contributed by atoms with E-state index in [0.717, 1.165) is 11.1 Å². The summed E-state index contributed by atoms with van der Waals surface area (Å²) < 4.78 is 1.66. The maximum atomic E-state index is 13.4. The quantitative estimate of drug-likeness (QED) is 0.237. The second-order valence-electron chi connectivity index (χ2n) is 8.19. The highest BCUT2D eigenvalue weighted by Crippen LogP contribution is 2.25. The van der Waals surface area contributed by atoms with Crippen LogP contribution in [0.3, 0.4) is 0 Å². The summed E-state index contributed by atoms with van der Waals surface area (Å²) in [4.78, 5) is 30.4. The first-order valence-electron chi connectivity index (χ1n) is 10.8. The molecular formula is C26H23Cl2N3O2S. The molecule has 0 radical (unpaired) electrons. The van der Waals surface area contributed by atoms with Crippen molar-refractivity contribution in [1.82, 2.24) is 14.9 Å². The largest absolute Gasteiger partial charge is 0.350 e. The molecule has 0 atom stereocenters. The predicted molar refractivity (Wildman–Crippen MR) is 140 cm³/mol. The van der Waals surface area contributed by atoms with Gasteiger partial charge in [-0.05, 0) is 67.4 Å². The van der Waals surface area contributed by atoms with Crippen LogP contribution in [0.15, 0.2) is 76.7 Å². The third kappa shape index (κ3) is 5.81. The second kappa shape index (κ2) is 10.6. The zero-order valence-corrected chi connectivity index (χ0v) is 21.0. The van der Waals surface area contributed by atoms with E-state index >= 15 is 0 Å². The Balaban J connectivity index is 1.67. The zero-order chi connectivity index (χ0) is 24.2. The second-order valence-corrected chi connectivity index (χ2v) is 10.0. The molecule has 5 nitrogen and oxygen atoms in total. The molecule has 0 fully saturated rings. The summed E-state index contributed by atoms with van der Waals surface area (Å²) in [7, 11) is 0. The number of amides is 1. The van der Waals surface area contributed by atoms with E-state index in [4.69, 9.17) is 28.2 Å². The number of hydrogen-bond acceptors (Lipinski definition) is 4. The first-order valence-corrected chi connectivity index (χ1v) is 12.5. The first-order chi connectivity index (χ1) is 16.3. The lowest BCUT2D eigenvalue weighted by atomic mass is 10.1. The summed E-state index contributed by atoms with van der Waals surface area (Å²) in [6.07, 6.45) is 0. The molecule has 0 unspecified atom stereocenters. The van der Waals surface area contributed by atoms with Gasteiger partial charge in [0.2, 0.25) is 0 Å². The molecule has 34 heavy (non-hydrogen) atoms. The molecule has 0 saturated carbocycles. The van der Waals surface area contributed by atoms with Gasteiger partial charge in [-0.1, -0.05) is 59.2 Å². The molecule has 1 heterocycles. The van der Waals surface area contributed by atoms with E-state index in [0.29, 0.717) is 44.0 Å². The van der Waals surface area contributed by atoms with Crippen LogP contribution in [0.2, 0.25) is 10.0 Å². The highest BCUT2D eigenvalue weighted by Gasteiger charge is 2.14. The van der Waals surface area contributed by atoms with Crippen LogP contribution in [0.5, 0.6) is 0 Å². The van der Waals surface area contributed by atoms with Gasteiger partial charge in [-0.15, -0.1) is 0 Å². The first kappa shape index (κ1) is 24.3. The fraction of sp³-hybridized carbons (Fsp3) is 0.192. The van der Waals surface area contributed by atoms with Crippen molar-refractivity contribution in [2.45, 2.75) is 37.3 Å². The molecule has 8 heteroatoms. The number of nitrogens with one attached hydrogen (secondary N) is 1. The van der Waals surface area contributed by atoms with Gasteiger partial charge in [-0.3, -0.25) is 14.2 Å². The normalized spacial score (nSPS) is 11.2. The third-order valence-electron chi connectivity index (χ3n) is 5.14. The van der Waals surface area contributed by atoms with Crippen molar-refractivity contribution < 1.29 is 4.79 Å². The van der Waals surface area contributed by atoms with Crippen LogP contribution in [-0.2, 0) is 12.3 Å². The van der Waals surface area contributed by atoms with Gasteiger partial charge in [0.1, 0.15) is 0 Å². The van der Waals surface area contributed by atoms with Crippen molar-refractivity contribution >= 4 is 51.8 Å². The highest BCUT2D eigenvalue weighted by atomic mass is 35.5. The number of nitrogens with zero attached hydrogens (tertiary/aromatic N) is 2. The van der Waals surface area contributed by atoms with Gasteiger partial charge in [0.25, 0.3) is 11.5 Å². The van der Waals surface area contributed by atoms with E-state index in [1.807, 2.05) is 50.2 Å². The lowest BCUT2D eigenvalue weighted by Gasteiger charge is -2.14. The monoisotopic (exact) mass is 511 g/mol. The summed E-state index contributed by atoms with van der Waals surface area (Å²) in [6.45, 7) is 4.16. The SMILES string of the molecule is CC(C)NC(=O)c1ccc(Cn2c(SCc3ccc(Cl)cc3)nc3ccc(Cl)cc3c2=O)cc1. The van der Waals surface area contributed by atoms with Gasteiger partial charge < -0.3 is 5.32 Å². The molecule has 0 aliphatic heterocycles. The number of halogens is 2. The number of aromatic nitrogens is 2. The molecule has 0 aliphatic rings. The van der Waals surface area contributed by atoms with Crippen molar-refractivity contribution in [2.24, 2.45) is 0 Å². The fourth-order valence-corrected chi connectivity index (χ4v) is 4.69. The van der Waals surface area contributed by atoms with E-state index < -0.39 is 0 Å². The standard InChI is InChI=1S/C26H23Cl2N3O2S/c1-16(2)29-24(32)19-7-3-17(4-8-19)14-31-25(33)22-13-21(28)11-12-23(22)30-26(31)34-15-18-5-9-20(27)10-6-18/h3-13,16H,14-15H2,1-2H3,(H,29,32). The van der Waals surface area contributed by atoms with Crippen molar-refractivity contribution in [1.29, 1.82) is 0 Å². The molecule has 0 spiro atoms. The van der Waals surface area contributed by atoms with Crippen molar-refractivity contribution in [3.8, 4) is 0 Å². The van der Waals surface area contributed by atoms with Crippen molar-refractivity contribution in [3.05, 3.63) is 104 Å². The Morgan fingerprint density at radius 3 is 2.29 bits per heavy atom. The Morgan fingerprint density at radius 2 is 1.62 bits per heavy atom. The minimum atomic E-state index is -0.160. The van der Waals surface area contributed by atoms with Gasteiger partial charge in [0.15, 0.2) is 5.16 Å². The number of benzene rings is 3. The smallest absolute Gasteiger partial charge is 0.262 e. The van der Waals surface area contributed by atoms with E-state index in [9.17, 15) is 9.59 Å². The average molecular weight is 512 g/mol. The zero-order valence-electron chi connectivity index (χ0n) is 18.7. The van der Waals surface area contributed by atoms with E-state index in [-0.39, 0.29) is 17.5 Å². The molecule has 0 aliphatic carbocycles. The summed E-state index contributed by atoms with van der Waals surface area (Å²) in [6, 6.07) is 20.1. The molecule has 4 aromatic rings. The maximum Gasteiger partial charge on any atom is 0.262 e. The number of thioether (sulfide) groups is 1. The van der Waals surface area contributed by atoms with Crippen LogP contribution >= 0.6 is 35.0 Å². The van der Waals surface area contributed by atoms with Crippen LogP contribution in [0.1, 0.15) is 35.3 Å². The molecule has 0 bridgehead atoms. The van der Waals surface area contributed by atoms with Crippen molar-refractivity contribution in [3.63, 3.8) is 0 Å². The van der Waals surface area contributed by atoms with Gasteiger partial charge >= 0.3 is 0 Å². The third-order valence-corrected chi connectivity index (χ3v) is 6.67. The topological polar surface area (TPSA) is 64.0 Å². The van der Waals surface area contributed by atoms with Crippen LogP contribution in [0.4, 0.5) is 0 Å². The Kier molecular flexibility index (Phi) is 7.61. The lowest BCUT2D eigenvalue weighted by molar-refractivity contribution is 0.0943. The van der Waals surface area contributed by atoms with Crippen LogP contribution < -0.4 is 10.9 Å². The van der Waals surface area contributed by atoms with Gasteiger partial charge in [-0.25, -0.2) is 4.98 Å². The highest BCUT2D eigenvalue weighted by molar-refractivity contribution is 7.98. The van der Waals surface area contributed by atoms with E-state index in [2.05, 4.69) is 5.32 Å². The van der Waals surface area contributed by atoms with Gasteiger partial charge in [-0.2, -0.15) is 0 Å². The summed E-state index contributed by atoms with van der Waals surface area (Å²) in [5, 5.41) is 5.12. The number of hydrogen-bond donors (Lipinski definition) is 1. The van der Waals surface area contributed by atoms with Gasteiger partial charge in [0, 0.05) is 27.4 Å². The Bertz CT molecular complexity index is 1380. The fourth-order valence-electron chi connectivity index (χ4n) is 3.44. The minimum absolute atomic E-state index is 0.0569. The summed E-state index contributed by atoms with van der Waals surface area (Å²) in [5.41, 5.74) is 2.98. The molecule has 3 aromatic carbocycles. The van der Waals surface area contributed by atoms with Crippen LogP contribution in [0.25, 0.3) is 10.9 Å². The number of fused-ring (bicyclic) bond motifs is 1.